The molecule has 0 aliphatic rings. The summed E-state index contributed by atoms with van der Waals surface area (Å²) in [6.45, 7) is 2.02. The molecule has 9 heavy (non-hydrogen) atoms. The summed E-state index contributed by atoms with van der Waals surface area (Å²) in [4.78, 5) is 0. The Balaban J connectivity index is 3.47. The highest BCUT2D eigenvalue weighted by Gasteiger charge is 2.08. The molecule has 0 spiro atoms. The Labute approximate surface area is 67.5 Å². The van der Waals surface area contributed by atoms with Crippen LogP contribution in [0, 0.1) is 0 Å². The Kier molecular flexibility index (Phi) is 4.41. The van der Waals surface area contributed by atoms with E-state index < -0.39 is 8.28 Å². The van der Waals surface area contributed by atoms with Gasteiger partial charge in [0.15, 0.2) is 0 Å². The van der Waals surface area contributed by atoms with Gasteiger partial charge in [-0.05, 0) is 13.2 Å². The van der Waals surface area contributed by atoms with Crippen LogP contribution in [0.5, 0.6) is 0 Å². The number of hydrogen-bond acceptors (Lipinski definition) is 4. The molecule has 0 aromatic heterocycles. The highest BCUT2D eigenvalue weighted by Crippen LogP contribution is 2.49. The molecule has 5 heteroatoms. The van der Waals surface area contributed by atoms with Crippen LogP contribution in [-0.2, 0) is 0 Å². The third-order valence-corrected chi connectivity index (χ3v) is 2.18. The van der Waals surface area contributed by atoms with E-state index >= 15 is 0 Å². The molecule has 58 valence electrons. The Morgan fingerprint density at radius 3 is 2.22 bits per heavy atom. The first-order chi connectivity index (χ1) is 3.95. The van der Waals surface area contributed by atoms with Crippen molar-refractivity contribution in [1.29, 1.82) is 0 Å². The molecule has 1 atom stereocenters. The zero-order chi connectivity index (χ0) is 7.49. The van der Waals surface area contributed by atoms with E-state index in [9.17, 15) is 0 Å². The van der Waals surface area contributed by atoms with Gasteiger partial charge in [0.1, 0.15) is 0 Å². The van der Waals surface area contributed by atoms with E-state index in [4.69, 9.17) is 5.11 Å². The van der Waals surface area contributed by atoms with Crippen LogP contribution in [0.15, 0.2) is 0 Å². The fraction of sp³-hybridized carbons (Fsp3) is 1.00. The number of rotatable bonds is 3. The maximum absolute atomic E-state index is 8.58. The lowest BCUT2D eigenvalue weighted by Crippen LogP contribution is -2.27. The molecule has 0 saturated carbocycles. The van der Waals surface area contributed by atoms with Gasteiger partial charge in [-0.15, -0.1) is 23.3 Å². The lowest BCUT2D eigenvalue weighted by atomic mass is 10.4. The van der Waals surface area contributed by atoms with Gasteiger partial charge in [0.2, 0.25) is 0 Å². The number of hydrogen-bond donors (Lipinski definition) is 4. The second-order valence-electron chi connectivity index (χ2n) is 2.03. The maximum atomic E-state index is 8.58. The highest BCUT2D eigenvalue weighted by atomic mass is 33.5. The summed E-state index contributed by atoms with van der Waals surface area (Å²) in [5.41, 5.74) is 0. The summed E-state index contributed by atoms with van der Waals surface area (Å²) in [6, 6.07) is 0.0833. The standard InChI is InChI=1S/C4H13NOS3/c1-4(3-6)5-9(2,7)8/h4-8H,3H2,1-2H3. The van der Waals surface area contributed by atoms with E-state index in [1.54, 1.807) is 0 Å². The van der Waals surface area contributed by atoms with Crippen LogP contribution >= 0.6 is 31.6 Å². The first-order valence-electron chi connectivity index (χ1n) is 2.57. The number of nitrogens with one attached hydrogen (secondary N) is 1. The third kappa shape index (κ3) is 6.86. The monoisotopic (exact) mass is 187 g/mol. The average molecular weight is 187 g/mol. The molecule has 1 unspecified atom stereocenters. The van der Waals surface area contributed by atoms with Gasteiger partial charge in [-0.1, -0.05) is 8.28 Å². The van der Waals surface area contributed by atoms with Gasteiger partial charge < -0.3 is 5.11 Å². The molecule has 2 nitrogen and oxygen atoms in total. The Morgan fingerprint density at radius 1 is 1.67 bits per heavy atom. The molecule has 0 aromatic carbocycles. The molecule has 0 fully saturated rings. The summed E-state index contributed by atoms with van der Waals surface area (Å²) >= 11 is 8.35. The fourth-order valence-electron chi connectivity index (χ4n) is 0.418. The second kappa shape index (κ2) is 3.98. The van der Waals surface area contributed by atoms with Crippen LogP contribution in [0.3, 0.4) is 0 Å². The summed E-state index contributed by atoms with van der Waals surface area (Å²) < 4.78 is 3.03. The van der Waals surface area contributed by atoms with E-state index in [2.05, 4.69) is 28.0 Å². The van der Waals surface area contributed by atoms with Crippen molar-refractivity contribution < 1.29 is 5.11 Å². The quantitative estimate of drug-likeness (QED) is 0.392. The van der Waals surface area contributed by atoms with Crippen molar-refractivity contribution in [2.75, 3.05) is 12.9 Å². The normalized spacial score (nSPS) is 17.4. The van der Waals surface area contributed by atoms with E-state index in [1.165, 1.54) is 0 Å². The first-order valence-corrected chi connectivity index (χ1v) is 6.71. The van der Waals surface area contributed by atoms with Gasteiger partial charge in [0, 0.05) is 6.04 Å². The smallest absolute Gasteiger partial charge is 0.0590 e. The van der Waals surface area contributed by atoms with Gasteiger partial charge in [-0.2, -0.15) is 0 Å². The molecule has 0 bridgehead atoms. The minimum Gasteiger partial charge on any atom is -0.395 e. The van der Waals surface area contributed by atoms with Crippen molar-refractivity contribution in [3.05, 3.63) is 0 Å². The average Bonchev–Trinajstić information content (AvgIpc) is 1.62. The zero-order valence-electron chi connectivity index (χ0n) is 5.53. The minimum absolute atomic E-state index is 0.0833. The largest absolute Gasteiger partial charge is 0.395 e. The van der Waals surface area contributed by atoms with Crippen LogP contribution in [0.1, 0.15) is 6.92 Å². The van der Waals surface area contributed by atoms with Crippen LogP contribution < -0.4 is 4.72 Å². The van der Waals surface area contributed by atoms with Gasteiger partial charge in [0.25, 0.3) is 0 Å². The molecule has 0 aliphatic carbocycles. The van der Waals surface area contributed by atoms with Gasteiger partial charge >= 0.3 is 0 Å². The second-order valence-corrected chi connectivity index (χ2v) is 9.18. The van der Waals surface area contributed by atoms with Crippen LogP contribution in [0.4, 0.5) is 0 Å². The topological polar surface area (TPSA) is 32.3 Å². The summed E-state index contributed by atoms with van der Waals surface area (Å²) in [7, 11) is -1.26. The fourth-order valence-corrected chi connectivity index (χ4v) is 2.33. The molecule has 0 saturated heterocycles. The van der Waals surface area contributed by atoms with Gasteiger partial charge in [0.05, 0.1) is 6.61 Å². The van der Waals surface area contributed by atoms with Crippen molar-refractivity contribution >= 4 is 31.6 Å². The van der Waals surface area contributed by atoms with E-state index in [0.717, 1.165) is 0 Å². The zero-order valence-corrected chi connectivity index (χ0v) is 8.14. The van der Waals surface area contributed by atoms with Crippen molar-refractivity contribution in [3.8, 4) is 0 Å². The summed E-state index contributed by atoms with van der Waals surface area (Å²) in [5, 5.41) is 8.58. The molecule has 0 heterocycles. The Morgan fingerprint density at radius 2 is 2.11 bits per heavy atom. The first kappa shape index (κ1) is 9.97. The molecule has 0 rings (SSSR count). The lowest BCUT2D eigenvalue weighted by Gasteiger charge is -2.27. The van der Waals surface area contributed by atoms with Crippen molar-refractivity contribution in [2.24, 2.45) is 0 Å². The van der Waals surface area contributed by atoms with Gasteiger partial charge in [-0.3, -0.25) is 4.72 Å². The predicted octanol–water partition coefficient (Wildman–Crippen LogP) is 0.996. The number of aliphatic hydroxyl groups is 1. The molecule has 0 radical (unpaired) electrons. The van der Waals surface area contributed by atoms with E-state index in [1.807, 2.05) is 13.2 Å². The minimum atomic E-state index is -1.26. The number of aliphatic hydroxyl groups excluding tert-OH is 1. The number of thiol groups is 2. The molecular formula is C4H13NOS3. The SMILES string of the molecule is CC(CO)NS(C)(S)S. The Bertz CT molecular complexity index is 82.4. The Hall–Kier alpha value is 0.970. The molecule has 0 aromatic rings. The predicted molar refractivity (Wildman–Crippen MR) is 51.2 cm³/mol. The highest BCUT2D eigenvalue weighted by molar-refractivity contribution is 9.17. The van der Waals surface area contributed by atoms with E-state index in [0.29, 0.717) is 0 Å². The molecule has 0 aliphatic heterocycles. The third-order valence-electron chi connectivity index (χ3n) is 0.698. The maximum Gasteiger partial charge on any atom is 0.0590 e. The lowest BCUT2D eigenvalue weighted by molar-refractivity contribution is 0.267. The van der Waals surface area contributed by atoms with Crippen molar-refractivity contribution in [1.82, 2.24) is 4.72 Å². The summed E-state index contributed by atoms with van der Waals surface area (Å²) in [6.07, 6.45) is 1.89. The summed E-state index contributed by atoms with van der Waals surface area (Å²) in [5.74, 6) is 0. The molecule has 2 N–H and O–H groups in total. The molecular weight excluding hydrogens is 174 g/mol. The van der Waals surface area contributed by atoms with E-state index in [-0.39, 0.29) is 12.6 Å². The van der Waals surface area contributed by atoms with Crippen molar-refractivity contribution in [2.45, 2.75) is 13.0 Å². The molecule has 0 amide bonds. The van der Waals surface area contributed by atoms with Crippen LogP contribution in [0.2, 0.25) is 0 Å². The van der Waals surface area contributed by atoms with Crippen LogP contribution in [-0.4, -0.2) is 24.0 Å². The van der Waals surface area contributed by atoms with Crippen LogP contribution in [0.25, 0.3) is 0 Å². The van der Waals surface area contributed by atoms with Crippen molar-refractivity contribution in [3.63, 3.8) is 0 Å². The van der Waals surface area contributed by atoms with Gasteiger partial charge in [-0.25, -0.2) is 0 Å².